The highest BCUT2D eigenvalue weighted by Crippen LogP contribution is 2.46. The molecule has 3 aromatic heterocycles. The van der Waals surface area contributed by atoms with Gasteiger partial charge in [-0.3, -0.25) is 5.10 Å². The van der Waals surface area contributed by atoms with E-state index < -0.39 is 0 Å². The molecule has 1 atom stereocenters. The second-order valence-electron chi connectivity index (χ2n) is 9.06. The summed E-state index contributed by atoms with van der Waals surface area (Å²) in [7, 11) is 0. The largest absolute Gasteiger partial charge is 0.370 e. The van der Waals surface area contributed by atoms with Gasteiger partial charge in [0.25, 0.3) is 0 Å². The molecule has 8 nitrogen and oxygen atoms in total. The number of hydrogen-bond acceptors (Lipinski definition) is 7. The maximum Gasteiger partial charge on any atom is 0.202 e. The Kier molecular flexibility index (Phi) is 4.16. The third kappa shape index (κ3) is 2.77. The van der Waals surface area contributed by atoms with E-state index in [0.717, 1.165) is 73.7 Å². The SMILES string of the molecule is N[C@@H]1CCCC12CCN(c1cnc3c(-c4ccnc5c4CCCN5)[nH]nc3n1)CC2. The number of pyridine rings is 1. The van der Waals surface area contributed by atoms with E-state index in [2.05, 4.69) is 25.4 Å². The van der Waals surface area contributed by atoms with Crippen LogP contribution in [0.3, 0.4) is 0 Å². The molecule has 3 aromatic rings. The first kappa shape index (κ1) is 18.1. The maximum absolute atomic E-state index is 6.44. The molecule has 0 unspecified atom stereocenters. The van der Waals surface area contributed by atoms with Gasteiger partial charge in [-0.25, -0.2) is 15.0 Å². The van der Waals surface area contributed by atoms with Gasteiger partial charge in [-0.15, -0.1) is 0 Å². The van der Waals surface area contributed by atoms with Crippen molar-refractivity contribution in [1.82, 2.24) is 25.1 Å². The molecular formula is C22H28N8. The zero-order valence-corrected chi connectivity index (χ0v) is 17.2. The third-order valence-corrected chi connectivity index (χ3v) is 7.53. The molecule has 2 fully saturated rings. The Balaban J connectivity index is 1.29. The zero-order chi connectivity index (χ0) is 20.1. The molecule has 0 aromatic carbocycles. The standard InChI is InChI=1S/C22H28N8/c23-16-4-1-6-22(16)7-11-30(12-8-22)17-13-26-19-18(28-29-21(19)27-17)14-5-10-25-20-15(14)3-2-9-24-20/h5,10,13,16H,1-4,6-9,11-12,23H2,(H,24,25)(H,27,28,29)/t16-/m1/s1. The normalized spacial score (nSPS) is 23.0. The van der Waals surface area contributed by atoms with Crippen molar-refractivity contribution in [3.8, 4) is 11.3 Å². The summed E-state index contributed by atoms with van der Waals surface area (Å²) in [5.74, 6) is 1.89. The van der Waals surface area contributed by atoms with Crippen LogP contribution in [0.25, 0.3) is 22.4 Å². The second kappa shape index (κ2) is 6.91. The number of anilines is 2. The summed E-state index contributed by atoms with van der Waals surface area (Å²) in [6, 6.07) is 2.41. The van der Waals surface area contributed by atoms with Crippen molar-refractivity contribution < 1.29 is 0 Å². The van der Waals surface area contributed by atoms with Crippen molar-refractivity contribution in [2.45, 2.75) is 51.0 Å². The van der Waals surface area contributed by atoms with E-state index in [-0.39, 0.29) is 0 Å². The molecule has 8 heteroatoms. The van der Waals surface area contributed by atoms with Gasteiger partial charge < -0.3 is 16.0 Å². The van der Waals surface area contributed by atoms with E-state index >= 15 is 0 Å². The first-order valence-electron chi connectivity index (χ1n) is 11.2. The molecule has 1 spiro atoms. The van der Waals surface area contributed by atoms with Gasteiger partial charge in [0.05, 0.1) is 11.9 Å². The van der Waals surface area contributed by atoms with E-state index in [4.69, 9.17) is 15.7 Å². The van der Waals surface area contributed by atoms with Gasteiger partial charge in [-0.1, -0.05) is 6.42 Å². The van der Waals surface area contributed by atoms with Gasteiger partial charge in [0.2, 0.25) is 5.65 Å². The van der Waals surface area contributed by atoms with Crippen LogP contribution in [-0.2, 0) is 6.42 Å². The van der Waals surface area contributed by atoms with Crippen LogP contribution in [0.2, 0.25) is 0 Å². The van der Waals surface area contributed by atoms with E-state index in [1.54, 1.807) is 0 Å². The summed E-state index contributed by atoms with van der Waals surface area (Å²) in [5.41, 5.74) is 11.6. The van der Waals surface area contributed by atoms with E-state index in [0.29, 0.717) is 17.1 Å². The summed E-state index contributed by atoms with van der Waals surface area (Å²) >= 11 is 0. The third-order valence-electron chi connectivity index (χ3n) is 7.53. The van der Waals surface area contributed by atoms with Crippen LogP contribution in [0.5, 0.6) is 0 Å². The Morgan fingerprint density at radius 2 is 2.03 bits per heavy atom. The van der Waals surface area contributed by atoms with Crippen LogP contribution in [0.15, 0.2) is 18.5 Å². The molecule has 0 radical (unpaired) electrons. The molecule has 6 rings (SSSR count). The number of aromatic nitrogens is 5. The number of nitrogens with zero attached hydrogens (tertiary/aromatic N) is 5. The maximum atomic E-state index is 6.44. The van der Waals surface area contributed by atoms with Crippen molar-refractivity contribution in [1.29, 1.82) is 0 Å². The fraction of sp³-hybridized carbons (Fsp3) is 0.545. The minimum atomic E-state index is 0.349. The molecule has 1 saturated carbocycles. The van der Waals surface area contributed by atoms with Gasteiger partial charge in [0, 0.05) is 43.0 Å². The van der Waals surface area contributed by atoms with Crippen LogP contribution in [0, 0.1) is 5.41 Å². The minimum absolute atomic E-state index is 0.349. The fourth-order valence-electron chi connectivity index (χ4n) is 5.70. The average Bonchev–Trinajstić information content (AvgIpc) is 3.37. The summed E-state index contributed by atoms with van der Waals surface area (Å²) in [5, 5.41) is 11.1. The average molecular weight is 405 g/mol. The quantitative estimate of drug-likeness (QED) is 0.602. The summed E-state index contributed by atoms with van der Waals surface area (Å²) in [6.45, 7) is 2.96. The second-order valence-corrected chi connectivity index (χ2v) is 9.06. The Morgan fingerprint density at radius 3 is 2.87 bits per heavy atom. The molecule has 156 valence electrons. The zero-order valence-electron chi connectivity index (χ0n) is 17.2. The van der Waals surface area contributed by atoms with Crippen molar-refractivity contribution in [3.05, 3.63) is 24.0 Å². The van der Waals surface area contributed by atoms with E-state index in [1.807, 2.05) is 18.5 Å². The molecule has 1 saturated heterocycles. The van der Waals surface area contributed by atoms with Gasteiger partial charge in [0.15, 0.2) is 0 Å². The lowest BCUT2D eigenvalue weighted by Crippen LogP contribution is -2.47. The Hall–Kier alpha value is -2.74. The molecule has 0 amide bonds. The van der Waals surface area contributed by atoms with Gasteiger partial charge in [-0.2, -0.15) is 5.10 Å². The molecule has 0 bridgehead atoms. The van der Waals surface area contributed by atoms with Crippen molar-refractivity contribution >= 4 is 22.8 Å². The lowest BCUT2D eigenvalue weighted by molar-refractivity contribution is 0.197. The van der Waals surface area contributed by atoms with Crippen LogP contribution >= 0.6 is 0 Å². The Bertz CT molecular complexity index is 1080. The van der Waals surface area contributed by atoms with Crippen molar-refractivity contribution in [3.63, 3.8) is 0 Å². The molecule has 5 heterocycles. The fourth-order valence-corrected chi connectivity index (χ4v) is 5.70. The first-order chi connectivity index (χ1) is 14.7. The van der Waals surface area contributed by atoms with Crippen LogP contribution in [0.1, 0.15) is 44.1 Å². The highest BCUT2D eigenvalue weighted by atomic mass is 15.2. The number of fused-ring (bicyclic) bond motifs is 2. The molecule has 3 aliphatic rings. The predicted octanol–water partition coefficient (Wildman–Crippen LogP) is 2.87. The molecule has 2 aliphatic heterocycles. The minimum Gasteiger partial charge on any atom is -0.370 e. The summed E-state index contributed by atoms with van der Waals surface area (Å²) in [6.07, 6.45) is 11.9. The summed E-state index contributed by atoms with van der Waals surface area (Å²) in [4.78, 5) is 16.5. The molecular weight excluding hydrogens is 376 g/mol. The van der Waals surface area contributed by atoms with Gasteiger partial charge >= 0.3 is 0 Å². The number of nitrogens with two attached hydrogens (primary N) is 1. The smallest absolute Gasteiger partial charge is 0.202 e. The lowest BCUT2D eigenvalue weighted by Gasteiger charge is -2.42. The first-order valence-corrected chi connectivity index (χ1v) is 11.2. The lowest BCUT2D eigenvalue weighted by atomic mass is 9.74. The number of H-pyrrole nitrogens is 1. The van der Waals surface area contributed by atoms with Crippen LogP contribution in [-0.4, -0.2) is 50.8 Å². The number of piperidine rings is 1. The van der Waals surface area contributed by atoms with Crippen LogP contribution < -0.4 is 16.0 Å². The van der Waals surface area contributed by atoms with Crippen molar-refractivity contribution in [2.24, 2.45) is 11.1 Å². The monoisotopic (exact) mass is 404 g/mol. The van der Waals surface area contributed by atoms with Gasteiger partial charge in [-0.05, 0) is 50.0 Å². The summed E-state index contributed by atoms with van der Waals surface area (Å²) < 4.78 is 0. The highest BCUT2D eigenvalue weighted by molar-refractivity contribution is 5.90. The number of hydrogen-bond donors (Lipinski definition) is 3. The van der Waals surface area contributed by atoms with Crippen molar-refractivity contribution in [2.75, 3.05) is 29.9 Å². The van der Waals surface area contributed by atoms with Gasteiger partial charge in [0.1, 0.15) is 17.2 Å². The van der Waals surface area contributed by atoms with E-state index in [1.165, 1.54) is 24.8 Å². The topological polar surface area (TPSA) is 109 Å². The molecule has 1 aliphatic carbocycles. The highest BCUT2D eigenvalue weighted by Gasteiger charge is 2.43. The van der Waals surface area contributed by atoms with Crippen LogP contribution in [0.4, 0.5) is 11.6 Å². The van der Waals surface area contributed by atoms with E-state index in [9.17, 15) is 0 Å². The number of rotatable bonds is 2. The number of nitrogens with one attached hydrogen (secondary N) is 2. The predicted molar refractivity (Wildman–Crippen MR) is 117 cm³/mol. The molecule has 4 N–H and O–H groups in total. The molecule has 30 heavy (non-hydrogen) atoms. The Labute approximate surface area is 175 Å². The number of aromatic amines is 1. The Morgan fingerprint density at radius 1 is 1.13 bits per heavy atom.